The van der Waals surface area contributed by atoms with Crippen LogP contribution in [0.1, 0.15) is 36.6 Å². The lowest BCUT2D eigenvalue weighted by atomic mass is 10.0. The average molecular weight is 445 g/mol. The normalized spacial score (nSPS) is 11.3. The number of halogens is 1. The van der Waals surface area contributed by atoms with Crippen LogP contribution in [0.2, 0.25) is 0 Å². The fourth-order valence-electron chi connectivity index (χ4n) is 2.32. The minimum atomic E-state index is -3.23. The van der Waals surface area contributed by atoms with Crippen LogP contribution in [0.25, 0.3) is 0 Å². The lowest BCUT2D eigenvalue weighted by Crippen LogP contribution is -3.00. The summed E-state index contributed by atoms with van der Waals surface area (Å²) in [4.78, 5) is 0.411. The Kier molecular flexibility index (Phi) is 7.20. The van der Waals surface area contributed by atoms with Crippen molar-refractivity contribution in [1.29, 1.82) is 0 Å². The fraction of sp³-hybridized carbons (Fsp3) is 0.389. The maximum atomic E-state index is 12.4. The second-order valence-corrected chi connectivity index (χ2v) is 8.19. The van der Waals surface area contributed by atoms with E-state index in [9.17, 15) is 8.42 Å². The van der Waals surface area contributed by atoms with E-state index >= 15 is 0 Å². The maximum Gasteiger partial charge on any atom is 0.178 e. The molecule has 0 saturated heterocycles. The topological polar surface area (TPSA) is 38.0 Å². The van der Waals surface area contributed by atoms with E-state index in [1.54, 1.807) is 12.1 Å². The molecule has 5 heteroatoms. The van der Waals surface area contributed by atoms with Crippen LogP contribution in [0.5, 0.6) is 0 Å². The van der Waals surface area contributed by atoms with Gasteiger partial charge in [0.1, 0.15) is 7.05 Å². The third-order valence-corrected chi connectivity index (χ3v) is 5.75. The second-order valence-electron chi connectivity index (χ2n) is 6.08. The molecule has 0 spiro atoms. The number of sulfone groups is 1. The Morgan fingerprint density at radius 1 is 1.04 bits per heavy atom. The van der Waals surface area contributed by atoms with Crippen molar-refractivity contribution in [2.45, 2.75) is 38.0 Å². The summed E-state index contributed by atoms with van der Waals surface area (Å²) < 4.78 is 26.9. The molecule has 0 saturated carbocycles. The van der Waals surface area contributed by atoms with Crippen LogP contribution in [0.15, 0.2) is 47.5 Å². The molecule has 0 atom stereocenters. The van der Waals surface area contributed by atoms with Gasteiger partial charge in [-0.2, -0.15) is 0 Å². The molecule has 1 heterocycles. The molecule has 23 heavy (non-hydrogen) atoms. The first-order valence-corrected chi connectivity index (χ1v) is 9.23. The highest BCUT2D eigenvalue weighted by Crippen LogP contribution is 2.18. The molecule has 1 aromatic heterocycles. The molecule has 2 rings (SSSR count). The molecule has 0 aliphatic carbocycles. The van der Waals surface area contributed by atoms with Crippen molar-refractivity contribution in [3.63, 3.8) is 0 Å². The van der Waals surface area contributed by atoms with Gasteiger partial charge in [-0.3, -0.25) is 0 Å². The smallest absolute Gasteiger partial charge is 0.178 e. The van der Waals surface area contributed by atoms with Gasteiger partial charge >= 0.3 is 0 Å². The lowest BCUT2D eigenvalue weighted by Gasteiger charge is -2.08. The third-order valence-electron chi connectivity index (χ3n) is 4.02. The number of nitrogens with zero attached hydrogens (tertiary/aromatic N) is 1. The van der Waals surface area contributed by atoms with Crippen LogP contribution < -0.4 is 28.5 Å². The zero-order chi connectivity index (χ0) is 16.3. The first-order valence-electron chi connectivity index (χ1n) is 7.57. The first kappa shape index (κ1) is 20.1. The van der Waals surface area contributed by atoms with E-state index in [0.717, 1.165) is 16.8 Å². The number of aryl methyl sites for hydroxylation is 3. The van der Waals surface area contributed by atoms with E-state index in [0.29, 0.717) is 17.2 Å². The molecule has 2 aromatic rings. The number of rotatable bonds is 5. The molecular formula is C18H24INO2S. The SMILES string of the molecule is Cc1ccc(CCS(=O)(=O)c2ccc(C(C)C)cc2)c[n+]1C.[I-]. The standard InChI is InChI=1S/C18H24NO2S.HI/c1-14(2)17-7-9-18(10-8-17)22(20,21)12-11-16-6-5-15(3)19(4)13-16;/h5-10,13-14H,11-12H2,1-4H3;1H/q+1;/p-1. The van der Waals surface area contributed by atoms with E-state index in [1.165, 1.54) is 0 Å². The minimum Gasteiger partial charge on any atom is -1.00 e. The van der Waals surface area contributed by atoms with Crippen molar-refractivity contribution >= 4 is 9.84 Å². The quantitative estimate of drug-likeness (QED) is 0.479. The van der Waals surface area contributed by atoms with Crippen LogP contribution in [0.4, 0.5) is 0 Å². The predicted octanol–water partition coefficient (Wildman–Crippen LogP) is -0.0367. The zero-order valence-corrected chi connectivity index (χ0v) is 17.1. The average Bonchev–Trinajstić information content (AvgIpc) is 2.48. The molecule has 0 amide bonds. The maximum absolute atomic E-state index is 12.4. The van der Waals surface area contributed by atoms with E-state index in [-0.39, 0.29) is 29.7 Å². The summed E-state index contributed by atoms with van der Waals surface area (Å²) >= 11 is 0. The Balaban J connectivity index is 0.00000264. The second kappa shape index (κ2) is 8.24. The predicted molar refractivity (Wildman–Crippen MR) is 88.6 cm³/mol. The summed E-state index contributed by atoms with van der Waals surface area (Å²) in [7, 11) is -1.26. The molecule has 0 aliphatic rings. The highest BCUT2D eigenvalue weighted by atomic mass is 127. The molecule has 1 aromatic carbocycles. The molecule has 0 fully saturated rings. The van der Waals surface area contributed by atoms with Crippen molar-refractivity contribution in [3.05, 3.63) is 59.4 Å². The van der Waals surface area contributed by atoms with Gasteiger partial charge in [0.2, 0.25) is 0 Å². The molecule has 0 unspecified atom stereocenters. The van der Waals surface area contributed by atoms with Gasteiger partial charge in [-0.05, 0) is 36.1 Å². The first-order chi connectivity index (χ1) is 10.3. The number of aromatic nitrogens is 1. The van der Waals surface area contributed by atoms with Gasteiger partial charge in [0.05, 0.1) is 10.6 Å². The van der Waals surface area contributed by atoms with Gasteiger partial charge in [-0.1, -0.05) is 26.0 Å². The number of hydrogen-bond acceptors (Lipinski definition) is 2. The van der Waals surface area contributed by atoms with Crippen molar-refractivity contribution in [2.75, 3.05) is 5.75 Å². The zero-order valence-electron chi connectivity index (χ0n) is 14.1. The molecule has 0 aliphatic heterocycles. The van der Waals surface area contributed by atoms with E-state index < -0.39 is 9.84 Å². The Hall–Kier alpha value is -0.950. The van der Waals surface area contributed by atoms with Gasteiger partial charge in [-0.15, -0.1) is 0 Å². The minimum absolute atomic E-state index is 0. The Labute approximate surface area is 156 Å². The molecule has 0 radical (unpaired) electrons. The Morgan fingerprint density at radius 3 is 2.17 bits per heavy atom. The summed E-state index contributed by atoms with van der Waals surface area (Å²) in [6.45, 7) is 6.22. The largest absolute Gasteiger partial charge is 1.00 e. The van der Waals surface area contributed by atoms with Crippen LogP contribution >= 0.6 is 0 Å². The van der Waals surface area contributed by atoms with Gasteiger partial charge < -0.3 is 24.0 Å². The summed E-state index contributed by atoms with van der Waals surface area (Å²) in [5.41, 5.74) is 3.34. The monoisotopic (exact) mass is 445 g/mol. The summed E-state index contributed by atoms with van der Waals surface area (Å²) in [5.74, 6) is 0.543. The van der Waals surface area contributed by atoms with Gasteiger partial charge in [0.25, 0.3) is 0 Å². The van der Waals surface area contributed by atoms with Crippen LogP contribution in [0.3, 0.4) is 0 Å². The van der Waals surface area contributed by atoms with E-state index in [1.807, 2.05) is 49.0 Å². The molecule has 0 bridgehead atoms. The van der Waals surface area contributed by atoms with Crippen LogP contribution in [0, 0.1) is 6.92 Å². The molecular weight excluding hydrogens is 421 g/mol. The highest BCUT2D eigenvalue weighted by Gasteiger charge is 2.15. The van der Waals surface area contributed by atoms with Crippen molar-refractivity contribution in [3.8, 4) is 0 Å². The number of hydrogen-bond donors (Lipinski definition) is 0. The Morgan fingerprint density at radius 2 is 1.65 bits per heavy atom. The molecule has 126 valence electrons. The third kappa shape index (κ3) is 5.28. The van der Waals surface area contributed by atoms with E-state index in [2.05, 4.69) is 13.8 Å². The highest BCUT2D eigenvalue weighted by molar-refractivity contribution is 7.91. The fourth-order valence-corrected chi connectivity index (χ4v) is 3.61. The molecule has 0 N–H and O–H groups in total. The van der Waals surface area contributed by atoms with Crippen molar-refractivity contribution in [2.24, 2.45) is 7.05 Å². The van der Waals surface area contributed by atoms with Gasteiger partial charge in [0.15, 0.2) is 21.7 Å². The lowest BCUT2D eigenvalue weighted by molar-refractivity contribution is -0.678. The van der Waals surface area contributed by atoms with Gasteiger partial charge in [0, 0.05) is 18.6 Å². The Bertz CT molecular complexity index is 753. The summed E-state index contributed by atoms with van der Waals surface area (Å²) in [6.07, 6.45) is 2.52. The van der Waals surface area contributed by atoms with E-state index in [4.69, 9.17) is 0 Å². The van der Waals surface area contributed by atoms with Crippen LogP contribution in [-0.2, 0) is 23.3 Å². The number of pyridine rings is 1. The van der Waals surface area contributed by atoms with Crippen molar-refractivity contribution in [1.82, 2.24) is 0 Å². The van der Waals surface area contributed by atoms with Gasteiger partial charge in [-0.25, -0.2) is 13.0 Å². The van der Waals surface area contributed by atoms with Crippen molar-refractivity contribution < 1.29 is 37.0 Å². The molecule has 3 nitrogen and oxygen atoms in total. The summed E-state index contributed by atoms with van der Waals surface area (Å²) in [5, 5.41) is 0. The van der Waals surface area contributed by atoms with Crippen LogP contribution in [-0.4, -0.2) is 14.2 Å². The number of benzene rings is 1. The summed E-state index contributed by atoms with van der Waals surface area (Å²) in [6, 6.07) is 11.3.